The van der Waals surface area contributed by atoms with E-state index in [9.17, 15) is 0 Å². The Morgan fingerprint density at radius 1 is 1.00 bits per heavy atom. The van der Waals surface area contributed by atoms with Gasteiger partial charge < -0.3 is 5.32 Å². The number of nitrogens with one attached hydrogen (secondary N) is 1. The lowest BCUT2D eigenvalue weighted by Gasteiger charge is -2.05. The summed E-state index contributed by atoms with van der Waals surface area (Å²) >= 11 is 0. The van der Waals surface area contributed by atoms with Gasteiger partial charge in [-0.05, 0) is 26.8 Å². The highest BCUT2D eigenvalue weighted by Crippen LogP contribution is 2.11. The first-order chi connectivity index (χ1) is 9.16. The highest BCUT2D eigenvalue weighted by molar-refractivity contribution is 5.23. The van der Waals surface area contributed by atoms with E-state index < -0.39 is 0 Å². The van der Waals surface area contributed by atoms with Crippen LogP contribution in [-0.2, 0) is 13.6 Å². The number of aryl methyl sites for hydroxylation is 2. The van der Waals surface area contributed by atoms with Crippen LogP contribution < -0.4 is 5.32 Å². The fourth-order valence-electron chi connectivity index (χ4n) is 2.49. The molecular weight excluding hydrogens is 234 g/mol. The molecule has 0 radical (unpaired) electrons. The first-order valence-electron chi connectivity index (χ1n) is 7.86. The Balaban J connectivity index is 2.05. The van der Waals surface area contributed by atoms with Crippen molar-refractivity contribution in [3.63, 3.8) is 0 Å². The summed E-state index contributed by atoms with van der Waals surface area (Å²) in [4.78, 5) is 0. The minimum Gasteiger partial charge on any atom is -0.313 e. The molecule has 0 saturated carbocycles. The third-order valence-corrected chi connectivity index (χ3v) is 3.92. The van der Waals surface area contributed by atoms with E-state index in [2.05, 4.69) is 31.2 Å². The predicted octanol–water partition coefficient (Wildman–Crippen LogP) is 3.88. The fraction of sp³-hybridized carbons (Fsp3) is 0.812. The molecule has 0 unspecified atom stereocenters. The third kappa shape index (κ3) is 5.77. The van der Waals surface area contributed by atoms with Gasteiger partial charge in [0, 0.05) is 24.8 Å². The Kier molecular flexibility index (Phi) is 7.80. The van der Waals surface area contributed by atoms with Crippen LogP contribution in [0.5, 0.6) is 0 Å². The lowest BCUT2D eigenvalue weighted by atomic mass is 10.1. The molecule has 1 heterocycles. The molecule has 0 fully saturated rings. The standard InChI is InChI=1S/C16H31N3/c1-5-6-7-8-9-10-11-12-17-13-16-14(2)18-19(4)15(16)3/h17H,5-13H2,1-4H3. The second kappa shape index (κ2) is 9.13. The summed E-state index contributed by atoms with van der Waals surface area (Å²) in [5.74, 6) is 0. The van der Waals surface area contributed by atoms with Crippen LogP contribution in [0.15, 0.2) is 0 Å². The monoisotopic (exact) mass is 265 g/mol. The average molecular weight is 265 g/mol. The zero-order chi connectivity index (χ0) is 14.1. The summed E-state index contributed by atoms with van der Waals surface area (Å²) < 4.78 is 1.97. The Hall–Kier alpha value is -0.830. The maximum atomic E-state index is 4.44. The van der Waals surface area contributed by atoms with Crippen molar-refractivity contribution in [2.75, 3.05) is 6.54 Å². The van der Waals surface area contributed by atoms with E-state index >= 15 is 0 Å². The summed E-state index contributed by atoms with van der Waals surface area (Å²) in [5, 5.41) is 7.99. The van der Waals surface area contributed by atoms with E-state index in [1.165, 1.54) is 56.2 Å². The molecule has 0 aromatic carbocycles. The van der Waals surface area contributed by atoms with Crippen molar-refractivity contribution in [2.45, 2.75) is 72.3 Å². The molecule has 0 saturated heterocycles. The molecule has 0 spiro atoms. The minimum absolute atomic E-state index is 0.960. The Morgan fingerprint density at radius 3 is 2.21 bits per heavy atom. The Morgan fingerprint density at radius 2 is 1.63 bits per heavy atom. The van der Waals surface area contributed by atoms with Gasteiger partial charge in [-0.2, -0.15) is 5.10 Å². The fourth-order valence-corrected chi connectivity index (χ4v) is 2.49. The van der Waals surface area contributed by atoms with Gasteiger partial charge in [-0.3, -0.25) is 4.68 Å². The lowest BCUT2D eigenvalue weighted by Crippen LogP contribution is -2.15. The number of nitrogens with zero attached hydrogens (tertiary/aromatic N) is 2. The second-order valence-corrected chi connectivity index (χ2v) is 5.57. The largest absolute Gasteiger partial charge is 0.313 e. The number of rotatable bonds is 10. The minimum atomic E-state index is 0.960. The van der Waals surface area contributed by atoms with Crippen LogP contribution in [0, 0.1) is 13.8 Å². The van der Waals surface area contributed by atoms with E-state index in [0.717, 1.165) is 18.8 Å². The van der Waals surface area contributed by atoms with Crippen molar-refractivity contribution in [3.8, 4) is 0 Å². The van der Waals surface area contributed by atoms with E-state index in [1.54, 1.807) is 0 Å². The quantitative estimate of drug-likeness (QED) is 0.651. The van der Waals surface area contributed by atoms with E-state index in [-0.39, 0.29) is 0 Å². The molecule has 0 aliphatic heterocycles. The van der Waals surface area contributed by atoms with Gasteiger partial charge in [0.15, 0.2) is 0 Å². The van der Waals surface area contributed by atoms with Gasteiger partial charge in [-0.1, -0.05) is 45.4 Å². The Bertz CT molecular complexity index is 355. The zero-order valence-electron chi connectivity index (χ0n) is 13.3. The average Bonchev–Trinajstić information content (AvgIpc) is 2.63. The molecule has 0 amide bonds. The topological polar surface area (TPSA) is 29.9 Å². The summed E-state index contributed by atoms with van der Waals surface area (Å²) in [7, 11) is 2.02. The molecule has 1 aromatic rings. The van der Waals surface area contributed by atoms with Crippen LogP contribution in [-0.4, -0.2) is 16.3 Å². The normalized spacial score (nSPS) is 11.2. The third-order valence-electron chi connectivity index (χ3n) is 3.92. The van der Waals surface area contributed by atoms with Crippen LogP contribution >= 0.6 is 0 Å². The second-order valence-electron chi connectivity index (χ2n) is 5.57. The molecule has 1 aromatic heterocycles. The van der Waals surface area contributed by atoms with Gasteiger partial charge in [-0.15, -0.1) is 0 Å². The van der Waals surface area contributed by atoms with Crippen molar-refractivity contribution in [3.05, 3.63) is 17.0 Å². The molecule has 1 rings (SSSR count). The van der Waals surface area contributed by atoms with Crippen molar-refractivity contribution in [2.24, 2.45) is 7.05 Å². The predicted molar refractivity (Wildman–Crippen MR) is 82.4 cm³/mol. The molecular formula is C16H31N3. The maximum absolute atomic E-state index is 4.44. The molecule has 110 valence electrons. The highest BCUT2D eigenvalue weighted by Gasteiger charge is 2.07. The molecule has 1 N–H and O–H groups in total. The molecule has 0 aliphatic carbocycles. The molecule has 0 atom stereocenters. The van der Waals surface area contributed by atoms with Gasteiger partial charge in [0.2, 0.25) is 0 Å². The molecule has 0 aliphatic rings. The van der Waals surface area contributed by atoms with Gasteiger partial charge in [-0.25, -0.2) is 0 Å². The maximum Gasteiger partial charge on any atom is 0.0641 e. The van der Waals surface area contributed by atoms with Crippen LogP contribution in [0.25, 0.3) is 0 Å². The van der Waals surface area contributed by atoms with Crippen molar-refractivity contribution >= 4 is 0 Å². The summed E-state index contributed by atoms with van der Waals surface area (Å²) in [6.45, 7) is 8.59. The molecule has 3 heteroatoms. The van der Waals surface area contributed by atoms with Crippen molar-refractivity contribution < 1.29 is 0 Å². The van der Waals surface area contributed by atoms with Gasteiger partial charge >= 0.3 is 0 Å². The summed E-state index contributed by atoms with van der Waals surface area (Å²) in [6, 6.07) is 0. The number of aromatic nitrogens is 2. The zero-order valence-corrected chi connectivity index (χ0v) is 13.3. The molecule has 3 nitrogen and oxygen atoms in total. The van der Waals surface area contributed by atoms with E-state index in [1.807, 2.05) is 11.7 Å². The van der Waals surface area contributed by atoms with Crippen LogP contribution in [0.3, 0.4) is 0 Å². The van der Waals surface area contributed by atoms with Gasteiger partial charge in [0.25, 0.3) is 0 Å². The van der Waals surface area contributed by atoms with Gasteiger partial charge in [0.1, 0.15) is 0 Å². The number of hydrogen-bond donors (Lipinski definition) is 1. The Labute approximate surface area is 118 Å². The van der Waals surface area contributed by atoms with Crippen molar-refractivity contribution in [1.82, 2.24) is 15.1 Å². The number of unbranched alkanes of at least 4 members (excludes halogenated alkanes) is 6. The molecule has 19 heavy (non-hydrogen) atoms. The number of hydrogen-bond acceptors (Lipinski definition) is 2. The SMILES string of the molecule is CCCCCCCCCNCc1c(C)nn(C)c1C. The smallest absolute Gasteiger partial charge is 0.0641 e. The van der Waals surface area contributed by atoms with Crippen molar-refractivity contribution in [1.29, 1.82) is 0 Å². The van der Waals surface area contributed by atoms with E-state index in [0.29, 0.717) is 0 Å². The lowest BCUT2D eigenvalue weighted by molar-refractivity contribution is 0.562. The van der Waals surface area contributed by atoms with E-state index in [4.69, 9.17) is 0 Å². The van der Waals surface area contributed by atoms with Crippen LogP contribution in [0.1, 0.15) is 68.8 Å². The highest BCUT2D eigenvalue weighted by atomic mass is 15.3. The first-order valence-corrected chi connectivity index (χ1v) is 7.86. The summed E-state index contributed by atoms with van der Waals surface area (Å²) in [5.41, 5.74) is 3.81. The molecule has 0 bridgehead atoms. The van der Waals surface area contributed by atoms with Crippen LogP contribution in [0.2, 0.25) is 0 Å². The first kappa shape index (κ1) is 16.2. The summed E-state index contributed by atoms with van der Waals surface area (Å²) in [6.07, 6.45) is 9.62. The van der Waals surface area contributed by atoms with Gasteiger partial charge in [0.05, 0.1) is 5.69 Å². The van der Waals surface area contributed by atoms with Crippen LogP contribution in [0.4, 0.5) is 0 Å².